The van der Waals surface area contributed by atoms with Crippen LogP contribution in [0.25, 0.3) is 22.3 Å². The van der Waals surface area contributed by atoms with Crippen molar-refractivity contribution in [2.45, 2.75) is 52.4 Å². The van der Waals surface area contributed by atoms with Crippen molar-refractivity contribution in [3.8, 4) is 22.3 Å². The zero-order valence-electron chi connectivity index (χ0n) is 17.2. The van der Waals surface area contributed by atoms with Gasteiger partial charge in [-0.05, 0) is 67.3 Å². The molecule has 0 aliphatic rings. The van der Waals surface area contributed by atoms with Crippen molar-refractivity contribution in [2.24, 2.45) is 0 Å². The van der Waals surface area contributed by atoms with Crippen molar-refractivity contribution >= 4 is 22.6 Å². The Bertz CT molecular complexity index is 918. The topological polar surface area (TPSA) is 0 Å². The molecule has 27 heavy (non-hydrogen) atoms. The van der Waals surface area contributed by atoms with E-state index >= 15 is 0 Å². The fourth-order valence-corrected chi connectivity index (χ4v) is 4.15. The highest BCUT2D eigenvalue weighted by atomic mass is 127. The van der Waals surface area contributed by atoms with Crippen LogP contribution in [-0.2, 0) is 10.8 Å². The first kappa shape index (κ1) is 20.1. The van der Waals surface area contributed by atoms with Gasteiger partial charge in [0.15, 0.2) is 0 Å². The van der Waals surface area contributed by atoms with Crippen molar-refractivity contribution in [3.05, 3.63) is 81.4 Å². The van der Waals surface area contributed by atoms with Gasteiger partial charge in [-0.25, -0.2) is 0 Å². The summed E-state index contributed by atoms with van der Waals surface area (Å²) in [5, 5.41) is 0. The number of benzene rings is 3. The van der Waals surface area contributed by atoms with Crippen molar-refractivity contribution < 1.29 is 0 Å². The van der Waals surface area contributed by atoms with Crippen LogP contribution in [0, 0.1) is 3.57 Å². The van der Waals surface area contributed by atoms with Crippen molar-refractivity contribution in [2.75, 3.05) is 0 Å². The lowest BCUT2D eigenvalue weighted by Gasteiger charge is -2.21. The lowest BCUT2D eigenvalue weighted by atomic mass is 9.84. The van der Waals surface area contributed by atoms with Gasteiger partial charge in [-0.2, -0.15) is 0 Å². The second-order valence-corrected chi connectivity index (χ2v) is 10.5. The largest absolute Gasteiger partial charge is 0.0606 e. The molecule has 3 aromatic carbocycles. The third-order valence-corrected chi connectivity index (χ3v) is 6.01. The molecule has 0 atom stereocenters. The highest BCUT2D eigenvalue weighted by Gasteiger charge is 2.17. The lowest BCUT2D eigenvalue weighted by molar-refractivity contribution is 0.590. The molecule has 0 radical (unpaired) electrons. The van der Waals surface area contributed by atoms with Crippen LogP contribution in [0.4, 0.5) is 0 Å². The van der Waals surface area contributed by atoms with Crippen molar-refractivity contribution in [1.82, 2.24) is 0 Å². The van der Waals surface area contributed by atoms with Crippen molar-refractivity contribution in [3.63, 3.8) is 0 Å². The Morgan fingerprint density at radius 3 is 1.44 bits per heavy atom. The summed E-state index contributed by atoms with van der Waals surface area (Å²) in [6, 6.07) is 24.7. The first-order chi connectivity index (χ1) is 12.6. The van der Waals surface area contributed by atoms with E-state index in [0.717, 1.165) is 0 Å². The van der Waals surface area contributed by atoms with Gasteiger partial charge in [0.25, 0.3) is 0 Å². The summed E-state index contributed by atoms with van der Waals surface area (Å²) >= 11 is 2.46. The molecular weight excluding hydrogens is 439 g/mol. The van der Waals surface area contributed by atoms with E-state index < -0.39 is 0 Å². The van der Waals surface area contributed by atoms with E-state index in [9.17, 15) is 0 Å². The SMILES string of the molecule is CC(C)(C)c1ccc(-c2cccc(I)c2-c2ccc(C(C)(C)C)cc2)cc1. The predicted octanol–water partition coefficient (Wildman–Crippen LogP) is 8.22. The molecule has 0 N–H and O–H groups in total. The highest BCUT2D eigenvalue weighted by Crippen LogP contribution is 2.37. The summed E-state index contributed by atoms with van der Waals surface area (Å²) in [4.78, 5) is 0. The maximum atomic E-state index is 2.46. The molecule has 3 rings (SSSR count). The van der Waals surface area contributed by atoms with Gasteiger partial charge in [0.1, 0.15) is 0 Å². The molecule has 0 unspecified atom stereocenters. The zero-order valence-corrected chi connectivity index (χ0v) is 19.4. The molecule has 0 aliphatic heterocycles. The molecule has 0 spiro atoms. The van der Waals surface area contributed by atoms with E-state index in [4.69, 9.17) is 0 Å². The summed E-state index contributed by atoms with van der Waals surface area (Å²) in [5.74, 6) is 0. The standard InChI is InChI=1S/C26H29I/c1-25(2,3)20-14-10-18(11-15-20)22-8-7-9-23(27)24(22)19-12-16-21(17-13-19)26(4,5)6/h7-17H,1-6H3. The molecule has 140 valence electrons. The van der Waals surface area contributed by atoms with Crippen LogP contribution < -0.4 is 0 Å². The molecule has 3 aromatic rings. The molecule has 1 heteroatoms. The van der Waals surface area contributed by atoms with Crippen LogP contribution in [0.3, 0.4) is 0 Å². The van der Waals surface area contributed by atoms with Gasteiger partial charge in [-0.1, -0.05) is 102 Å². The Labute approximate surface area is 178 Å². The maximum Gasteiger partial charge on any atom is 0.0215 e. The molecular formula is C26H29I. The van der Waals surface area contributed by atoms with Crippen LogP contribution in [0.1, 0.15) is 52.7 Å². The molecule has 0 amide bonds. The normalized spacial score (nSPS) is 12.3. The zero-order chi connectivity index (χ0) is 19.8. The Morgan fingerprint density at radius 2 is 1.00 bits per heavy atom. The molecule has 0 bridgehead atoms. The molecule has 0 fully saturated rings. The highest BCUT2D eigenvalue weighted by molar-refractivity contribution is 14.1. The summed E-state index contributed by atoms with van der Waals surface area (Å²) in [7, 11) is 0. The summed E-state index contributed by atoms with van der Waals surface area (Å²) in [5.41, 5.74) is 8.26. The maximum absolute atomic E-state index is 2.46. The average Bonchev–Trinajstić information content (AvgIpc) is 2.60. The minimum Gasteiger partial charge on any atom is -0.0606 e. The first-order valence-corrected chi connectivity index (χ1v) is 10.7. The van der Waals surface area contributed by atoms with Crippen molar-refractivity contribution in [1.29, 1.82) is 0 Å². The van der Waals surface area contributed by atoms with Gasteiger partial charge in [0.2, 0.25) is 0 Å². The number of rotatable bonds is 2. The first-order valence-electron chi connectivity index (χ1n) is 9.58. The van der Waals surface area contributed by atoms with E-state index in [0.29, 0.717) is 0 Å². The van der Waals surface area contributed by atoms with E-state index in [-0.39, 0.29) is 10.8 Å². The van der Waals surface area contributed by atoms with E-state index in [1.807, 2.05) is 0 Å². The lowest BCUT2D eigenvalue weighted by Crippen LogP contribution is -2.10. The number of hydrogen-bond acceptors (Lipinski definition) is 0. The fraction of sp³-hybridized carbons (Fsp3) is 0.308. The molecule has 0 aromatic heterocycles. The van der Waals surface area contributed by atoms with E-state index in [2.05, 4.69) is 131 Å². The Hall–Kier alpha value is -1.61. The van der Waals surface area contributed by atoms with Gasteiger partial charge in [-0.3, -0.25) is 0 Å². The molecule has 0 saturated heterocycles. The Kier molecular flexibility index (Phi) is 5.54. The third-order valence-electron chi connectivity index (χ3n) is 5.12. The Balaban J connectivity index is 2.08. The molecule has 0 aliphatic carbocycles. The average molecular weight is 468 g/mol. The second kappa shape index (κ2) is 7.43. The summed E-state index contributed by atoms with van der Waals surface area (Å²) < 4.78 is 1.29. The van der Waals surface area contributed by atoms with Crippen LogP contribution >= 0.6 is 22.6 Å². The number of halogens is 1. The van der Waals surface area contributed by atoms with Gasteiger partial charge < -0.3 is 0 Å². The fourth-order valence-electron chi connectivity index (χ4n) is 3.34. The molecule has 0 heterocycles. The molecule has 0 saturated carbocycles. The minimum atomic E-state index is 0.175. The van der Waals surface area contributed by atoms with Gasteiger partial charge in [0.05, 0.1) is 0 Å². The minimum absolute atomic E-state index is 0.175. The van der Waals surface area contributed by atoms with Gasteiger partial charge >= 0.3 is 0 Å². The van der Waals surface area contributed by atoms with Crippen LogP contribution in [0.2, 0.25) is 0 Å². The van der Waals surface area contributed by atoms with Crippen LogP contribution in [-0.4, -0.2) is 0 Å². The van der Waals surface area contributed by atoms with Gasteiger partial charge in [-0.15, -0.1) is 0 Å². The van der Waals surface area contributed by atoms with Crippen LogP contribution in [0.15, 0.2) is 66.7 Å². The monoisotopic (exact) mass is 468 g/mol. The Morgan fingerprint density at radius 1 is 0.556 bits per heavy atom. The van der Waals surface area contributed by atoms with Gasteiger partial charge in [0, 0.05) is 9.13 Å². The second-order valence-electron chi connectivity index (χ2n) is 9.32. The van der Waals surface area contributed by atoms with Crippen LogP contribution in [0.5, 0.6) is 0 Å². The van der Waals surface area contributed by atoms with E-state index in [1.54, 1.807) is 0 Å². The molecule has 0 nitrogen and oxygen atoms in total. The van der Waals surface area contributed by atoms with E-state index in [1.165, 1.54) is 37.0 Å². The summed E-state index contributed by atoms with van der Waals surface area (Å²) in [6.07, 6.45) is 0. The quantitative estimate of drug-likeness (QED) is 0.333. The summed E-state index contributed by atoms with van der Waals surface area (Å²) in [6.45, 7) is 13.6. The predicted molar refractivity (Wildman–Crippen MR) is 127 cm³/mol. The number of hydrogen-bond donors (Lipinski definition) is 0. The smallest absolute Gasteiger partial charge is 0.0215 e. The third kappa shape index (κ3) is 4.45.